The molecule has 0 spiro atoms. The molecule has 0 aliphatic carbocycles. The second kappa shape index (κ2) is 8.67. The minimum Gasteiger partial charge on any atom is -0.354 e. The molecule has 3 rings (SSSR count). The Morgan fingerprint density at radius 3 is 2.50 bits per heavy atom. The summed E-state index contributed by atoms with van der Waals surface area (Å²) in [5.41, 5.74) is 1.25. The van der Waals surface area contributed by atoms with Crippen LogP contribution in [0, 0.1) is 11.8 Å². The minimum absolute atomic E-state index is 0.0257. The fourth-order valence-corrected chi connectivity index (χ4v) is 3.98. The molecule has 2 fully saturated rings. The highest BCUT2D eigenvalue weighted by molar-refractivity contribution is 5.86. The molecule has 1 N–H and O–H groups in total. The number of piperidine rings is 2. The van der Waals surface area contributed by atoms with Crippen LogP contribution in [0.2, 0.25) is 0 Å². The van der Waals surface area contributed by atoms with Gasteiger partial charge in [-0.25, -0.2) is 0 Å². The van der Waals surface area contributed by atoms with Crippen molar-refractivity contribution >= 4 is 11.8 Å². The van der Waals surface area contributed by atoms with E-state index >= 15 is 0 Å². The molecule has 5 heteroatoms. The number of nitrogens with zero attached hydrogens (tertiary/aromatic N) is 2. The van der Waals surface area contributed by atoms with Crippen molar-refractivity contribution in [3.8, 4) is 0 Å². The Labute approximate surface area is 156 Å². The predicted molar refractivity (Wildman–Crippen MR) is 103 cm³/mol. The quantitative estimate of drug-likeness (QED) is 0.881. The topological polar surface area (TPSA) is 52.7 Å². The van der Waals surface area contributed by atoms with E-state index in [1.165, 1.54) is 18.4 Å². The number of hydrogen-bond acceptors (Lipinski definition) is 3. The zero-order valence-electron chi connectivity index (χ0n) is 16.0. The van der Waals surface area contributed by atoms with Gasteiger partial charge in [-0.2, -0.15) is 0 Å². The van der Waals surface area contributed by atoms with Crippen LogP contribution in [-0.4, -0.2) is 54.8 Å². The van der Waals surface area contributed by atoms with Crippen LogP contribution in [0.4, 0.5) is 0 Å². The first-order valence-corrected chi connectivity index (χ1v) is 9.85. The number of carbonyl (C=O) groups excluding carboxylic acids is 2. The van der Waals surface area contributed by atoms with E-state index in [1.54, 1.807) is 11.9 Å². The lowest BCUT2D eigenvalue weighted by Crippen LogP contribution is -2.45. The van der Waals surface area contributed by atoms with Gasteiger partial charge in [-0.3, -0.25) is 14.5 Å². The van der Waals surface area contributed by atoms with Crippen molar-refractivity contribution in [3.05, 3.63) is 35.9 Å². The van der Waals surface area contributed by atoms with Crippen molar-refractivity contribution in [2.24, 2.45) is 11.8 Å². The molecule has 2 unspecified atom stereocenters. The van der Waals surface area contributed by atoms with E-state index < -0.39 is 0 Å². The first-order valence-electron chi connectivity index (χ1n) is 9.85. The van der Waals surface area contributed by atoms with Gasteiger partial charge in [-0.15, -0.1) is 0 Å². The van der Waals surface area contributed by atoms with Gasteiger partial charge in [-0.1, -0.05) is 37.3 Å². The number of amides is 2. The van der Waals surface area contributed by atoms with Gasteiger partial charge in [0.1, 0.15) is 0 Å². The number of likely N-dealkylation sites (tertiary alicyclic amines) is 2. The molecule has 1 aromatic rings. The number of nitrogens with one attached hydrogen (secondary N) is 1. The SMILES string of the molecule is CC1CCN(C(CNC(=O)C2CCN(C)C(=O)C2)c2ccccc2)CC1. The van der Waals surface area contributed by atoms with Crippen molar-refractivity contribution in [1.29, 1.82) is 0 Å². The number of carbonyl (C=O) groups is 2. The van der Waals surface area contributed by atoms with E-state index in [4.69, 9.17) is 0 Å². The Balaban J connectivity index is 1.62. The Morgan fingerprint density at radius 2 is 1.85 bits per heavy atom. The number of benzene rings is 1. The summed E-state index contributed by atoms with van der Waals surface area (Å²) in [6, 6.07) is 10.6. The van der Waals surface area contributed by atoms with Crippen molar-refractivity contribution in [3.63, 3.8) is 0 Å². The van der Waals surface area contributed by atoms with Gasteiger partial charge in [0.25, 0.3) is 0 Å². The fraction of sp³-hybridized carbons (Fsp3) is 0.619. The maximum atomic E-state index is 12.6. The molecule has 2 aliphatic heterocycles. The molecule has 0 radical (unpaired) electrons. The standard InChI is InChI=1S/C21H31N3O2/c1-16-8-12-24(13-9-16)19(17-6-4-3-5-7-17)15-22-21(26)18-10-11-23(2)20(25)14-18/h3-7,16,18-19H,8-15H2,1-2H3,(H,22,26). The lowest BCUT2D eigenvalue weighted by molar-refractivity contribution is -0.139. The first kappa shape index (κ1) is 18.9. The maximum absolute atomic E-state index is 12.6. The Kier molecular flexibility index (Phi) is 6.30. The molecule has 0 saturated carbocycles. The van der Waals surface area contributed by atoms with Crippen LogP contribution < -0.4 is 5.32 Å². The molecular formula is C21H31N3O2. The van der Waals surface area contributed by atoms with Gasteiger partial charge >= 0.3 is 0 Å². The lowest BCUT2D eigenvalue weighted by Gasteiger charge is -2.37. The zero-order valence-corrected chi connectivity index (χ0v) is 16.0. The average Bonchev–Trinajstić information content (AvgIpc) is 2.66. The summed E-state index contributed by atoms with van der Waals surface area (Å²) in [5.74, 6) is 0.692. The summed E-state index contributed by atoms with van der Waals surface area (Å²) in [5, 5.41) is 3.14. The molecule has 2 heterocycles. The minimum atomic E-state index is -0.184. The zero-order chi connectivity index (χ0) is 18.5. The Morgan fingerprint density at radius 1 is 1.15 bits per heavy atom. The molecule has 2 atom stereocenters. The largest absolute Gasteiger partial charge is 0.354 e. The predicted octanol–water partition coefficient (Wildman–Crippen LogP) is 2.44. The van der Waals surface area contributed by atoms with Crippen LogP contribution in [0.25, 0.3) is 0 Å². The number of hydrogen-bond donors (Lipinski definition) is 1. The van der Waals surface area contributed by atoms with Gasteiger partial charge in [0.15, 0.2) is 0 Å². The fourth-order valence-electron chi connectivity index (χ4n) is 3.98. The van der Waals surface area contributed by atoms with E-state index in [2.05, 4.69) is 41.4 Å². The van der Waals surface area contributed by atoms with E-state index in [9.17, 15) is 9.59 Å². The average molecular weight is 357 g/mol. The van der Waals surface area contributed by atoms with Crippen LogP contribution in [0.3, 0.4) is 0 Å². The normalized spacial score (nSPS) is 23.7. The Bertz CT molecular complexity index is 611. The summed E-state index contributed by atoms with van der Waals surface area (Å²) in [7, 11) is 1.80. The van der Waals surface area contributed by atoms with Crippen molar-refractivity contribution in [1.82, 2.24) is 15.1 Å². The van der Waals surface area contributed by atoms with Crippen LogP contribution in [0.5, 0.6) is 0 Å². The first-order chi connectivity index (χ1) is 12.5. The highest BCUT2D eigenvalue weighted by Gasteiger charge is 2.30. The van der Waals surface area contributed by atoms with Crippen molar-refractivity contribution in [2.75, 3.05) is 33.2 Å². The van der Waals surface area contributed by atoms with Crippen LogP contribution >= 0.6 is 0 Å². The molecule has 5 nitrogen and oxygen atoms in total. The molecule has 142 valence electrons. The van der Waals surface area contributed by atoms with E-state index in [0.29, 0.717) is 19.5 Å². The third-order valence-corrected chi connectivity index (χ3v) is 5.94. The molecule has 0 aromatic heterocycles. The molecule has 2 saturated heterocycles. The van der Waals surface area contributed by atoms with Crippen molar-refractivity contribution in [2.45, 2.75) is 38.6 Å². The van der Waals surface area contributed by atoms with Gasteiger partial charge in [-0.05, 0) is 43.8 Å². The molecule has 1 aromatic carbocycles. The van der Waals surface area contributed by atoms with Crippen LogP contribution in [0.15, 0.2) is 30.3 Å². The van der Waals surface area contributed by atoms with Gasteiger partial charge in [0.2, 0.25) is 11.8 Å². The van der Waals surface area contributed by atoms with E-state index in [1.807, 2.05) is 6.07 Å². The molecular weight excluding hydrogens is 326 g/mol. The van der Waals surface area contributed by atoms with Gasteiger partial charge in [0, 0.05) is 32.5 Å². The molecule has 2 amide bonds. The number of rotatable bonds is 5. The highest BCUT2D eigenvalue weighted by atomic mass is 16.2. The van der Waals surface area contributed by atoms with Crippen molar-refractivity contribution < 1.29 is 9.59 Å². The van der Waals surface area contributed by atoms with Crippen LogP contribution in [0.1, 0.15) is 44.2 Å². The lowest BCUT2D eigenvalue weighted by atomic mass is 9.94. The Hall–Kier alpha value is -1.88. The maximum Gasteiger partial charge on any atom is 0.223 e. The van der Waals surface area contributed by atoms with Gasteiger partial charge < -0.3 is 10.2 Å². The molecule has 0 bridgehead atoms. The summed E-state index contributed by atoms with van der Waals surface area (Å²) >= 11 is 0. The second-order valence-electron chi connectivity index (χ2n) is 7.90. The second-order valence-corrected chi connectivity index (χ2v) is 7.90. The van der Waals surface area contributed by atoms with E-state index in [-0.39, 0.29) is 23.8 Å². The third kappa shape index (κ3) is 4.64. The van der Waals surface area contributed by atoms with E-state index in [0.717, 1.165) is 25.4 Å². The summed E-state index contributed by atoms with van der Waals surface area (Å²) in [6.45, 7) is 5.74. The van der Waals surface area contributed by atoms with Crippen LogP contribution in [-0.2, 0) is 9.59 Å². The third-order valence-electron chi connectivity index (χ3n) is 5.94. The monoisotopic (exact) mass is 357 g/mol. The summed E-state index contributed by atoms with van der Waals surface area (Å²) < 4.78 is 0. The smallest absolute Gasteiger partial charge is 0.223 e. The summed E-state index contributed by atoms with van der Waals surface area (Å²) in [6.07, 6.45) is 3.51. The molecule has 2 aliphatic rings. The van der Waals surface area contributed by atoms with Gasteiger partial charge in [0.05, 0.1) is 6.04 Å². The highest BCUT2D eigenvalue weighted by Crippen LogP contribution is 2.26. The molecule has 26 heavy (non-hydrogen) atoms. The summed E-state index contributed by atoms with van der Waals surface area (Å²) in [4.78, 5) is 28.7.